The van der Waals surface area contributed by atoms with Crippen molar-refractivity contribution in [1.82, 2.24) is 5.32 Å². The van der Waals surface area contributed by atoms with Crippen molar-refractivity contribution >= 4 is 11.7 Å². The molecule has 26 heavy (non-hydrogen) atoms. The average Bonchev–Trinajstić information content (AvgIpc) is 2.70. The van der Waals surface area contributed by atoms with Gasteiger partial charge in [0.15, 0.2) is 5.78 Å². The zero-order valence-corrected chi connectivity index (χ0v) is 14.0. The molecular weight excluding hydrogens is 328 g/mol. The van der Waals surface area contributed by atoms with Crippen molar-refractivity contribution in [1.29, 1.82) is 0 Å². The summed E-state index contributed by atoms with van der Waals surface area (Å²) in [5.74, 6) is 10.4. The summed E-state index contributed by atoms with van der Waals surface area (Å²) in [5.41, 5.74) is 7.41. The van der Waals surface area contributed by atoms with Gasteiger partial charge in [-0.05, 0) is 48.2 Å². The number of benzene rings is 2. The lowest BCUT2D eigenvalue weighted by Gasteiger charge is -2.14. The molecule has 130 valence electrons. The molecule has 0 radical (unpaired) electrons. The highest BCUT2D eigenvalue weighted by atomic mass is 16.3. The maximum atomic E-state index is 12.1. The summed E-state index contributed by atoms with van der Waals surface area (Å²) in [6.45, 7) is -0.741. The Morgan fingerprint density at radius 3 is 2.08 bits per heavy atom. The van der Waals surface area contributed by atoms with E-state index in [2.05, 4.69) is 29.0 Å². The highest BCUT2D eigenvalue weighted by Crippen LogP contribution is 2.04. The number of aliphatic hydroxyl groups excluding tert-OH is 1. The summed E-state index contributed by atoms with van der Waals surface area (Å²) in [5, 5.41) is 11.3. The van der Waals surface area contributed by atoms with Gasteiger partial charge < -0.3 is 16.2 Å². The number of nitrogens with two attached hydrogens (primary N) is 1. The van der Waals surface area contributed by atoms with Crippen molar-refractivity contribution in [2.75, 3.05) is 13.2 Å². The fourth-order valence-electron chi connectivity index (χ4n) is 2.06. The molecule has 0 bridgehead atoms. The molecular formula is C21H18N2O3. The normalized spacial score (nSPS) is 10.5. The first kappa shape index (κ1) is 19.0. The van der Waals surface area contributed by atoms with E-state index < -0.39 is 24.3 Å². The molecule has 1 amide bonds. The number of ketones is 1. The fourth-order valence-corrected chi connectivity index (χ4v) is 2.06. The van der Waals surface area contributed by atoms with Crippen molar-refractivity contribution in [3.05, 3.63) is 71.3 Å². The Balaban J connectivity index is 2.00. The molecule has 0 spiro atoms. The lowest BCUT2D eigenvalue weighted by atomic mass is 10.1. The van der Waals surface area contributed by atoms with E-state index in [-0.39, 0.29) is 6.54 Å². The van der Waals surface area contributed by atoms with Gasteiger partial charge in [0.2, 0.25) is 0 Å². The maximum Gasteiger partial charge on any atom is 0.251 e. The molecule has 0 aliphatic rings. The highest BCUT2D eigenvalue weighted by molar-refractivity contribution is 5.98. The zero-order chi connectivity index (χ0) is 18.8. The minimum absolute atomic E-state index is 0.0746. The van der Waals surface area contributed by atoms with Gasteiger partial charge in [-0.2, -0.15) is 0 Å². The van der Waals surface area contributed by atoms with Gasteiger partial charge in [-0.3, -0.25) is 9.59 Å². The zero-order valence-electron chi connectivity index (χ0n) is 14.0. The Morgan fingerprint density at radius 2 is 1.54 bits per heavy atom. The summed E-state index contributed by atoms with van der Waals surface area (Å²) in [7, 11) is 0. The molecule has 0 fully saturated rings. The molecule has 2 rings (SSSR count). The minimum Gasteiger partial charge on any atom is -0.388 e. The molecule has 0 aliphatic heterocycles. The van der Waals surface area contributed by atoms with Crippen LogP contribution in [-0.2, 0) is 4.79 Å². The van der Waals surface area contributed by atoms with Gasteiger partial charge in [0, 0.05) is 23.2 Å². The van der Waals surface area contributed by atoms with Crippen LogP contribution in [0.15, 0.2) is 54.6 Å². The molecule has 2 aromatic rings. The second-order valence-electron chi connectivity index (χ2n) is 5.33. The van der Waals surface area contributed by atoms with Crippen LogP contribution in [0.4, 0.5) is 0 Å². The van der Waals surface area contributed by atoms with Gasteiger partial charge in [-0.15, -0.1) is 0 Å². The van der Waals surface area contributed by atoms with E-state index in [9.17, 15) is 9.59 Å². The minimum atomic E-state index is -0.903. The Bertz CT molecular complexity index is 882. The van der Waals surface area contributed by atoms with E-state index in [0.29, 0.717) is 11.1 Å². The standard InChI is InChI=1S/C21H18N2O3/c22-14-19(20(25)15-24)23-21(26)18-12-10-17(11-13-18)9-5-4-8-16-6-2-1-3-7-16/h1-3,6-7,10-13,19,24H,14-15,22H2,(H,23,26)/t19-/m0/s1. The lowest BCUT2D eigenvalue weighted by Crippen LogP contribution is -2.46. The molecule has 0 aliphatic carbocycles. The third kappa shape index (κ3) is 5.61. The number of nitrogens with one attached hydrogen (secondary N) is 1. The van der Waals surface area contributed by atoms with Gasteiger partial charge in [-0.25, -0.2) is 0 Å². The van der Waals surface area contributed by atoms with Crippen LogP contribution < -0.4 is 11.1 Å². The monoisotopic (exact) mass is 346 g/mol. The number of Topliss-reactive ketones (excluding diaryl/α,β-unsaturated/α-hetero) is 1. The quantitative estimate of drug-likeness (QED) is 0.695. The van der Waals surface area contributed by atoms with Crippen molar-refractivity contribution < 1.29 is 14.7 Å². The number of carbonyl (C=O) groups excluding carboxylic acids is 2. The molecule has 0 heterocycles. The van der Waals surface area contributed by atoms with Crippen molar-refractivity contribution in [3.63, 3.8) is 0 Å². The third-order valence-electron chi connectivity index (χ3n) is 3.48. The smallest absolute Gasteiger partial charge is 0.251 e. The van der Waals surface area contributed by atoms with Crippen LogP contribution in [0.25, 0.3) is 0 Å². The molecule has 0 saturated carbocycles. The number of hydrogen-bond acceptors (Lipinski definition) is 4. The SMILES string of the molecule is NC[C@H](NC(=O)c1ccc(C#CC#Cc2ccccc2)cc1)C(=O)CO. The predicted octanol–water partition coefficient (Wildman–Crippen LogP) is 0.708. The molecule has 5 nitrogen and oxygen atoms in total. The molecule has 0 unspecified atom stereocenters. The maximum absolute atomic E-state index is 12.1. The van der Waals surface area contributed by atoms with E-state index in [4.69, 9.17) is 10.8 Å². The van der Waals surface area contributed by atoms with Crippen molar-refractivity contribution in [3.8, 4) is 23.7 Å². The van der Waals surface area contributed by atoms with E-state index >= 15 is 0 Å². The first-order valence-corrected chi connectivity index (χ1v) is 7.95. The van der Waals surface area contributed by atoms with Gasteiger partial charge >= 0.3 is 0 Å². The number of carbonyl (C=O) groups is 2. The number of hydrogen-bond donors (Lipinski definition) is 3. The Labute approximate surface area is 152 Å². The van der Waals surface area contributed by atoms with Gasteiger partial charge in [0.1, 0.15) is 12.6 Å². The van der Waals surface area contributed by atoms with Crippen LogP contribution in [0.2, 0.25) is 0 Å². The van der Waals surface area contributed by atoms with Crippen molar-refractivity contribution in [2.24, 2.45) is 5.73 Å². The topological polar surface area (TPSA) is 92.4 Å². The van der Waals surface area contributed by atoms with Gasteiger partial charge in [0.05, 0.1) is 0 Å². The third-order valence-corrected chi connectivity index (χ3v) is 3.48. The van der Waals surface area contributed by atoms with Gasteiger partial charge in [-0.1, -0.05) is 30.0 Å². The molecule has 2 aromatic carbocycles. The van der Waals surface area contributed by atoms with E-state index in [1.165, 1.54) is 0 Å². The molecule has 0 aromatic heterocycles. The van der Waals surface area contributed by atoms with Crippen LogP contribution in [-0.4, -0.2) is 36.0 Å². The Morgan fingerprint density at radius 1 is 0.962 bits per heavy atom. The fraction of sp³-hybridized carbons (Fsp3) is 0.143. The van der Waals surface area contributed by atoms with Crippen LogP contribution in [0.5, 0.6) is 0 Å². The second-order valence-corrected chi connectivity index (χ2v) is 5.33. The highest BCUT2D eigenvalue weighted by Gasteiger charge is 2.18. The summed E-state index contributed by atoms with van der Waals surface area (Å²) in [4.78, 5) is 23.5. The lowest BCUT2D eigenvalue weighted by molar-refractivity contribution is -0.123. The second kappa shape index (κ2) is 9.80. The van der Waals surface area contributed by atoms with E-state index in [1.807, 2.05) is 30.3 Å². The number of aliphatic hydroxyl groups is 1. The molecule has 5 heteroatoms. The van der Waals surface area contributed by atoms with Crippen LogP contribution in [0.3, 0.4) is 0 Å². The van der Waals surface area contributed by atoms with E-state index in [0.717, 1.165) is 5.56 Å². The van der Waals surface area contributed by atoms with Crippen LogP contribution in [0, 0.1) is 23.7 Å². The molecule has 1 atom stereocenters. The van der Waals surface area contributed by atoms with Crippen LogP contribution in [0.1, 0.15) is 21.5 Å². The average molecular weight is 346 g/mol. The first-order chi connectivity index (χ1) is 12.6. The molecule has 4 N–H and O–H groups in total. The number of rotatable bonds is 5. The summed E-state index contributed by atoms with van der Waals surface area (Å²) in [6, 6.07) is 15.2. The van der Waals surface area contributed by atoms with Crippen LogP contribution >= 0.6 is 0 Å². The van der Waals surface area contributed by atoms with Gasteiger partial charge in [0.25, 0.3) is 5.91 Å². The summed E-state index contributed by atoms with van der Waals surface area (Å²) >= 11 is 0. The van der Waals surface area contributed by atoms with E-state index in [1.54, 1.807) is 24.3 Å². The first-order valence-electron chi connectivity index (χ1n) is 7.95. The molecule has 0 saturated heterocycles. The Hall–Kier alpha value is -3.38. The summed E-state index contributed by atoms with van der Waals surface area (Å²) in [6.07, 6.45) is 0. The number of amides is 1. The Kier molecular flexibility index (Phi) is 7.15. The largest absolute Gasteiger partial charge is 0.388 e. The summed E-state index contributed by atoms with van der Waals surface area (Å²) < 4.78 is 0. The predicted molar refractivity (Wildman–Crippen MR) is 99.0 cm³/mol. The van der Waals surface area contributed by atoms with Crippen molar-refractivity contribution in [2.45, 2.75) is 6.04 Å².